The third-order valence-electron chi connectivity index (χ3n) is 2.85. The van der Waals surface area contributed by atoms with Crippen LogP contribution in [-0.4, -0.2) is 43.8 Å². The van der Waals surface area contributed by atoms with Gasteiger partial charge in [-0.25, -0.2) is 8.42 Å². The highest BCUT2D eigenvalue weighted by Gasteiger charge is 2.32. The smallest absolute Gasteiger partial charge is 0.223 e. The van der Waals surface area contributed by atoms with Crippen molar-refractivity contribution in [2.75, 3.05) is 18.6 Å². The van der Waals surface area contributed by atoms with Gasteiger partial charge >= 0.3 is 0 Å². The maximum atomic E-state index is 11.7. The second-order valence-electron chi connectivity index (χ2n) is 4.30. The Labute approximate surface area is 96.0 Å². The standard InChI is InChI=1S/C10H16N2O3S/c1-8(6-11)5-10(13)12(2)9-3-4-16(14,15)7-9/h8-9H,3-5,7H2,1-2H3. The molecule has 0 aliphatic carbocycles. The summed E-state index contributed by atoms with van der Waals surface area (Å²) >= 11 is 0. The van der Waals surface area contributed by atoms with Crippen LogP contribution in [0.5, 0.6) is 0 Å². The van der Waals surface area contributed by atoms with E-state index in [4.69, 9.17) is 5.26 Å². The molecular formula is C10H16N2O3S. The first-order valence-corrected chi connectivity index (χ1v) is 7.03. The SMILES string of the molecule is CC(C#N)CC(=O)N(C)C1CCS(=O)(=O)C1. The van der Waals surface area contributed by atoms with Gasteiger partial charge in [0.15, 0.2) is 9.84 Å². The highest BCUT2D eigenvalue weighted by atomic mass is 32.2. The average Bonchev–Trinajstić information content (AvgIpc) is 2.57. The molecule has 5 nitrogen and oxygen atoms in total. The zero-order valence-corrected chi connectivity index (χ0v) is 10.3. The molecule has 90 valence electrons. The third kappa shape index (κ3) is 3.20. The van der Waals surface area contributed by atoms with Crippen molar-refractivity contribution < 1.29 is 13.2 Å². The third-order valence-corrected chi connectivity index (χ3v) is 4.60. The molecule has 0 spiro atoms. The Bertz CT molecular complexity index is 410. The highest BCUT2D eigenvalue weighted by molar-refractivity contribution is 7.91. The van der Waals surface area contributed by atoms with Crippen LogP contribution in [0.4, 0.5) is 0 Å². The number of carbonyl (C=O) groups excluding carboxylic acids is 1. The van der Waals surface area contributed by atoms with Gasteiger partial charge in [-0.3, -0.25) is 4.79 Å². The fraction of sp³-hybridized carbons (Fsp3) is 0.800. The monoisotopic (exact) mass is 244 g/mol. The van der Waals surface area contributed by atoms with Crippen LogP contribution in [0, 0.1) is 17.2 Å². The summed E-state index contributed by atoms with van der Waals surface area (Å²) in [5.41, 5.74) is 0. The van der Waals surface area contributed by atoms with E-state index < -0.39 is 9.84 Å². The lowest BCUT2D eigenvalue weighted by atomic mass is 10.1. The molecule has 0 saturated carbocycles. The van der Waals surface area contributed by atoms with E-state index in [1.807, 2.05) is 6.07 Å². The molecule has 1 rings (SSSR count). The molecule has 2 unspecified atom stereocenters. The second-order valence-corrected chi connectivity index (χ2v) is 6.52. The van der Waals surface area contributed by atoms with E-state index in [-0.39, 0.29) is 35.8 Å². The maximum absolute atomic E-state index is 11.7. The molecule has 6 heteroatoms. The highest BCUT2D eigenvalue weighted by Crippen LogP contribution is 2.18. The molecule has 0 N–H and O–H groups in total. The molecule has 0 aromatic heterocycles. The molecule has 0 aromatic rings. The Kier molecular flexibility index (Phi) is 3.92. The van der Waals surface area contributed by atoms with Crippen LogP contribution in [0.2, 0.25) is 0 Å². The van der Waals surface area contributed by atoms with Crippen molar-refractivity contribution in [3.63, 3.8) is 0 Å². The van der Waals surface area contributed by atoms with Crippen LogP contribution < -0.4 is 0 Å². The van der Waals surface area contributed by atoms with Gasteiger partial charge in [0.05, 0.1) is 23.5 Å². The zero-order chi connectivity index (χ0) is 12.3. The van der Waals surface area contributed by atoms with Gasteiger partial charge in [-0.2, -0.15) is 5.26 Å². The molecule has 1 fully saturated rings. The fourth-order valence-corrected chi connectivity index (χ4v) is 3.51. The molecule has 2 atom stereocenters. The molecule has 0 radical (unpaired) electrons. The van der Waals surface area contributed by atoms with Crippen molar-refractivity contribution in [2.45, 2.75) is 25.8 Å². The Hall–Kier alpha value is -1.09. The van der Waals surface area contributed by atoms with Gasteiger partial charge in [0.2, 0.25) is 5.91 Å². The minimum Gasteiger partial charge on any atom is -0.342 e. The average molecular weight is 244 g/mol. The van der Waals surface area contributed by atoms with E-state index in [9.17, 15) is 13.2 Å². The number of sulfone groups is 1. The minimum atomic E-state index is -2.97. The van der Waals surface area contributed by atoms with Gasteiger partial charge in [0, 0.05) is 19.5 Å². The van der Waals surface area contributed by atoms with Gasteiger partial charge in [-0.05, 0) is 13.3 Å². The number of nitrogens with zero attached hydrogens (tertiary/aromatic N) is 2. The van der Waals surface area contributed by atoms with Gasteiger partial charge in [0.25, 0.3) is 0 Å². The second kappa shape index (κ2) is 4.83. The number of hydrogen-bond donors (Lipinski definition) is 0. The molecule has 1 aliphatic rings. The van der Waals surface area contributed by atoms with Gasteiger partial charge in [-0.15, -0.1) is 0 Å². The molecular weight excluding hydrogens is 228 g/mol. The first kappa shape index (κ1) is 13.0. The molecule has 0 bridgehead atoms. The van der Waals surface area contributed by atoms with Crippen molar-refractivity contribution in [1.82, 2.24) is 4.90 Å². The van der Waals surface area contributed by atoms with Crippen LogP contribution in [-0.2, 0) is 14.6 Å². The summed E-state index contributed by atoms with van der Waals surface area (Å²) in [6.07, 6.45) is 0.662. The Morgan fingerprint density at radius 3 is 2.69 bits per heavy atom. The summed E-state index contributed by atoms with van der Waals surface area (Å²) in [7, 11) is -1.36. The van der Waals surface area contributed by atoms with Crippen molar-refractivity contribution in [3.05, 3.63) is 0 Å². The molecule has 1 heterocycles. The first-order valence-electron chi connectivity index (χ1n) is 5.21. The van der Waals surface area contributed by atoms with Crippen molar-refractivity contribution in [2.24, 2.45) is 5.92 Å². The lowest BCUT2D eigenvalue weighted by molar-refractivity contribution is -0.132. The largest absolute Gasteiger partial charge is 0.342 e. The van der Waals surface area contributed by atoms with Gasteiger partial charge < -0.3 is 4.90 Å². The number of nitriles is 1. The van der Waals surface area contributed by atoms with Gasteiger partial charge in [-0.1, -0.05) is 0 Å². The molecule has 1 saturated heterocycles. The number of carbonyl (C=O) groups is 1. The predicted molar refractivity (Wildman–Crippen MR) is 59.2 cm³/mol. The summed E-state index contributed by atoms with van der Waals surface area (Å²) < 4.78 is 22.5. The Balaban J connectivity index is 2.56. The van der Waals surface area contributed by atoms with Crippen LogP contribution >= 0.6 is 0 Å². The summed E-state index contributed by atoms with van der Waals surface area (Å²) in [4.78, 5) is 13.2. The summed E-state index contributed by atoms with van der Waals surface area (Å²) in [6.45, 7) is 1.68. The van der Waals surface area contributed by atoms with E-state index in [0.29, 0.717) is 6.42 Å². The molecule has 0 aromatic carbocycles. The summed E-state index contributed by atoms with van der Waals surface area (Å²) in [5, 5.41) is 8.60. The van der Waals surface area contributed by atoms with E-state index >= 15 is 0 Å². The van der Waals surface area contributed by atoms with Crippen molar-refractivity contribution in [1.29, 1.82) is 5.26 Å². The van der Waals surface area contributed by atoms with E-state index in [1.165, 1.54) is 4.90 Å². The predicted octanol–water partition coefficient (Wildman–Crippen LogP) is 0.182. The minimum absolute atomic E-state index is 0.0518. The molecule has 1 amide bonds. The lowest BCUT2D eigenvalue weighted by Crippen LogP contribution is -2.38. The fourth-order valence-electron chi connectivity index (χ4n) is 1.74. The maximum Gasteiger partial charge on any atom is 0.223 e. The first-order chi connectivity index (χ1) is 7.35. The van der Waals surface area contributed by atoms with Crippen molar-refractivity contribution >= 4 is 15.7 Å². The zero-order valence-electron chi connectivity index (χ0n) is 9.51. The Morgan fingerprint density at radius 1 is 1.62 bits per heavy atom. The van der Waals surface area contributed by atoms with E-state index in [0.717, 1.165) is 0 Å². The van der Waals surface area contributed by atoms with Crippen LogP contribution in [0.3, 0.4) is 0 Å². The normalized spacial score (nSPS) is 24.7. The molecule has 16 heavy (non-hydrogen) atoms. The molecule has 1 aliphatic heterocycles. The van der Waals surface area contributed by atoms with E-state index in [1.54, 1.807) is 14.0 Å². The van der Waals surface area contributed by atoms with E-state index in [2.05, 4.69) is 0 Å². The Morgan fingerprint density at radius 2 is 2.25 bits per heavy atom. The quantitative estimate of drug-likeness (QED) is 0.709. The number of amides is 1. The van der Waals surface area contributed by atoms with Crippen LogP contribution in [0.25, 0.3) is 0 Å². The number of hydrogen-bond acceptors (Lipinski definition) is 4. The summed E-state index contributed by atoms with van der Waals surface area (Å²) in [6, 6.07) is 1.77. The number of rotatable bonds is 3. The lowest BCUT2D eigenvalue weighted by Gasteiger charge is -2.23. The van der Waals surface area contributed by atoms with Gasteiger partial charge in [0.1, 0.15) is 0 Å². The topological polar surface area (TPSA) is 78.2 Å². The van der Waals surface area contributed by atoms with Crippen molar-refractivity contribution in [3.8, 4) is 6.07 Å². The van der Waals surface area contributed by atoms with Crippen LogP contribution in [0.1, 0.15) is 19.8 Å². The summed E-state index contributed by atoms with van der Waals surface area (Å²) in [5.74, 6) is -0.275. The van der Waals surface area contributed by atoms with Crippen LogP contribution in [0.15, 0.2) is 0 Å².